The van der Waals surface area contributed by atoms with E-state index >= 15 is 0 Å². The molecule has 0 aliphatic heterocycles. The van der Waals surface area contributed by atoms with E-state index < -0.39 is 29.0 Å². The molecular weight excluding hydrogens is 295 g/mol. The van der Waals surface area contributed by atoms with Gasteiger partial charge in [0.1, 0.15) is 5.75 Å². The van der Waals surface area contributed by atoms with Crippen molar-refractivity contribution in [3.63, 3.8) is 0 Å². The highest BCUT2D eigenvalue weighted by Crippen LogP contribution is 2.23. The summed E-state index contributed by atoms with van der Waals surface area (Å²) in [6.07, 6.45) is 0. The molecule has 0 bridgehead atoms. The third-order valence-corrected chi connectivity index (χ3v) is 3.07. The highest BCUT2D eigenvalue weighted by atomic mass is 19.2. The van der Waals surface area contributed by atoms with E-state index in [0.717, 1.165) is 23.3 Å². The fourth-order valence-electron chi connectivity index (χ4n) is 1.97. The Morgan fingerprint density at radius 3 is 2.32 bits per heavy atom. The summed E-state index contributed by atoms with van der Waals surface area (Å²) in [5, 5.41) is 2.14. The van der Waals surface area contributed by atoms with Crippen LogP contribution in [0.25, 0.3) is 0 Å². The van der Waals surface area contributed by atoms with Crippen molar-refractivity contribution in [3.8, 4) is 5.75 Å². The highest BCUT2D eigenvalue weighted by molar-refractivity contribution is 5.92. The van der Waals surface area contributed by atoms with Gasteiger partial charge in [-0.2, -0.15) is 0 Å². The summed E-state index contributed by atoms with van der Waals surface area (Å²) >= 11 is 0. The lowest BCUT2D eigenvalue weighted by molar-refractivity contribution is -0.118. The van der Waals surface area contributed by atoms with E-state index in [1.807, 2.05) is 32.0 Å². The molecule has 1 amide bonds. The minimum atomic E-state index is -1.63. The van der Waals surface area contributed by atoms with Crippen molar-refractivity contribution in [2.24, 2.45) is 0 Å². The summed E-state index contributed by atoms with van der Waals surface area (Å²) in [5.74, 6) is -4.51. The summed E-state index contributed by atoms with van der Waals surface area (Å²) in [6.45, 7) is 3.29. The molecule has 0 spiro atoms. The van der Waals surface area contributed by atoms with E-state index in [4.69, 9.17) is 4.74 Å². The number of amides is 1. The van der Waals surface area contributed by atoms with Crippen molar-refractivity contribution >= 4 is 11.6 Å². The zero-order valence-corrected chi connectivity index (χ0v) is 12.0. The number of hydrogen-bond acceptors (Lipinski definition) is 2. The van der Waals surface area contributed by atoms with Crippen LogP contribution in [0.5, 0.6) is 5.75 Å². The van der Waals surface area contributed by atoms with Gasteiger partial charge in [0.2, 0.25) is 0 Å². The Hall–Kier alpha value is -2.50. The van der Waals surface area contributed by atoms with E-state index in [0.29, 0.717) is 5.75 Å². The Balaban J connectivity index is 2.04. The molecule has 0 aromatic heterocycles. The van der Waals surface area contributed by atoms with Gasteiger partial charge in [-0.1, -0.05) is 18.2 Å². The lowest BCUT2D eigenvalue weighted by Gasteiger charge is -2.12. The van der Waals surface area contributed by atoms with Gasteiger partial charge >= 0.3 is 0 Å². The molecule has 116 valence electrons. The first-order valence-corrected chi connectivity index (χ1v) is 6.52. The van der Waals surface area contributed by atoms with Gasteiger partial charge in [0, 0.05) is 0 Å². The smallest absolute Gasteiger partial charge is 0.262 e. The van der Waals surface area contributed by atoms with Crippen molar-refractivity contribution < 1.29 is 22.7 Å². The Morgan fingerprint density at radius 2 is 1.68 bits per heavy atom. The van der Waals surface area contributed by atoms with Crippen molar-refractivity contribution in [3.05, 3.63) is 58.9 Å². The molecule has 1 N–H and O–H groups in total. The van der Waals surface area contributed by atoms with Gasteiger partial charge < -0.3 is 10.1 Å². The van der Waals surface area contributed by atoms with Crippen LogP contribution in [-0.2, 0) is 4.79 Å². The molecule has 2 aromatic carbocycles. The number of nitrogens with one attached hydrogen (secondary N) is 1. The summed E-state index contributed by atoms with van der Waals surface area (Å²) in [7, 11) is 0. The van der Waals surface area contributed by atoms with Gasteiger partial charge in [-0.05, 0) is 37.1 Å². The molecule has 0 aliphatic carbocycles. The number of carbonyl (C=O) groups excluding carboxylic acids is 1. The SMILES string of the molecule is Cc1cccc(C)c1OCC(=O)Nc1ccc(F)c(F)c1F. The van der Waals surface area contributed by atoms with Gasteiger partial charge in [-0.15, -0.1) is 0 Å². The Kier molecular flexibility index (Phi) is 4.70. The molecule has 0 saturated carbocycles. The molecule has 6 heteroatoms. The lowest BCUT2D eigenvalue weighted by Crippen LogP contribution is -2.21. The molecule has 0 atom stereocenters. The van der Waals surface area contributed by atoms with Crippen molar-refractivity contribution in [2.75, 3.05) is 11.9 Å². The molecule has 0 fully saturated rings. The van der Waals surface area contributed by atoms with E-state index in [-0.39, 0.29) is 6.61 Å². The van der Waals surface area contributed by atoms with Crippen LogP contribution in [0.4, 0.5) is 18.9 Å². The number of para-hydroxylation sites is 1. The van der Waals surface area contributed by atoms with Gasteiger partial charge in [-0.3, -0.25) is 4.79 Å². The topological polar surface area (TPSA) is 38.3 Å². The number of aryl methyl sites for hydroxylation is 2. The van der Waals surface area contributed by atoms with Gasteiger partial charge in [0.25, 0.3) is 5.91 Å². The van der Waals surface area contributed by atoms with Gasteiger partial charge in [-0.25, -0.2) is 13.2 Å². The van der Waals surface area contributed by atoms with Crippen LogP contribution < -0.4 is 10.1 Å². The first-order valence-electron chi connectivity index (χ1n) is 6.52. The largest absolute Gasteiger partial charge is 0.483 e. The van der Waals surface area contributed by atoms with E-state index in [9.17, 15) is 18.0 Å². The molecule has 0 aliphatic rings. The fraction of sp³-hybridized carbons (Fsp3) is 0.188. The standard InChI is InChI=1S/C16H14F3NO2/c1-9-4-3-5-10(2)16(9)22-8-13(21)20-12-7-6-11(17)14(18)15(12)19/h3-7H,8H2,1-2H3,(H,20,21). The second-order valence-electron chi connectivity index (χ2n) is 4.78. The number of halogens is 3. The molecule has 0 saturated heterocycles. The first kappa shape index (κ1) is 15.9. The number of carbonyl (C=O) groups is 1. The molecular formula is C16H14F3NO2. The minimum Gasteiger partial charge on any atom is -0.483 e. The average molecular weight is 309 g/mol. The normalized spacial score (nSPS) is 10.4. The van der Waals surface area contributed by atoms with Gasteiger partial charge in [0.05, 0.1) is 5.69 Å². The van der Waals surface area contributed by atoms with Crippen LogP contribution in [0.15, 0.2) is 30.3 Å². The summed E-state index contributed by atoms with van der Waals surface area (Å²) in [5.41, 5.74) is 1.27. The number of hydrogen-bond donors (Lipinski definition) is 1. The molecule has 2 rings (SSSR count). The van der Waals surface area contributed by atoms with Crippen LogP contribution in [0.3, 0.4) is 0 Å². The second kappa shape index (κ2) is 6.51. The highest BCUT2D eigenvalue weighted by Gasteiger charge is 2.15. The quantitative estimate of drug-likeness (QED) is 0.874. The number of benzene rings is 2. The predicted molar refractivity (Wildman–Crippen MR) is 76.4 cm³/mol. The van der Waals surface area contributed by atoms with Gasteiger partial charge in [0.15, 0.2) is 24.1 Å². The number of anilines is 1. The van der Waals surface area contributed by atoms with Crippen LogP contribution in [0.1, 0.15) is 11.1 Å². The molecule has 22 heavy (non-hydrogen) atoms. The van der Waals surface area contributed by atoms with Crippen LogP contribution in [0.2, 0.25) is 0 Å². The maximum atomic E-state index is 13.4. The lowest BCUT2D eigenvalue weighted by atomic mass is 10.1. The van der Waals surface area contributed by atoms with Crippen LogP contribution in [0, 0.1) is 31.3 Å². The van der Waals surface area contributed by atoms with E-state index in [1.165, 1.54) is 0 Å². The molecule has 3 nitrogen and oxygen atoms in total. The third kappa shape index (κ3) is 3.39. The van der Waals surface area contributed by atoms with E-state index in [1.54, 1.807) is 0 Å². The maximum absolute atomic E-state index is 13.4. The second-order valence-corrected chi connectivity index (χ2v) is 4.78. The van der Waals surface area contributed by atoms with Crippen LogP contribution >= 0.6 is 0 Å². The molecule has 0 heterocycles. The monoisotopic (exact) mass is 309 g/mol. The number of ether oxygens (including phenoxy) is 1. The summed E-state index contributed by atoms with van der Waals surface area (Å²) in [6, 6.07) is 7.20. The fourth-order valence-corrected chi connectivity index (χ4v) is 1.97. The maximum Gasteiger partial charge on any atom is 0.262 e. The third-order valence-electron chi connectivity index (χ3n) is 3.07. The van der Waals surface area contributed by atoms with Crippen molar-refractivity contribution in [1.82, 2.24) is 0 Å². The molecule has 0 radical (unpaired) electrons. The summed E-state index contributed by atoms with van der Waals surface area (Å²) < 4.78 is 44.7. The molecule has 0 unspecified atom stereocenters. The van der Waals surface area contributed by atoms with Crippen LogP contribution in [-0.4, -0.2) is 12.5 Å². The minimum absolute atomic E-state index is 0.371. The Morgan fingerprint density at radius 1 is 1.05 bits per heavy atom. The van der Waals surface area contributed by atoms with Crippen molar-refractivity contribution in [1.29, 1.82) is 0 Å². The first-order chi connectivity index (χ1) is 10.4. The average Bonchev–Trinajstić information content (AvgIpc) is 2.47. The zero-order chi connectivity index (χ0) is 16.3. The Bertz CT molecular complexity index is 697. The summed E-state index contributed by atoms with van der Waals surface area (Å²) in [4.78, 5) is 11.7. The van der Waals surface area contributed by atoms with E-state index in [2.05, 4.69) is 5.32 Å². The number of rotatable bonds is 4. The zero-order valence-electron chi connectivity index (χ0n) is 12.0. The molecule has 2 aromatic rings. The van der Waals surface area contributed by atoms with Crippen molar-refractivity contribution in [2.45, 2.75) is 13.8 Å². The Labute approximate surface area is 125 Å². The predicted octanol–water partition coefficient (Wildman–Crippen LogP) is 3.74.